The molecular weight excluding hydrogens is 248 g/mol. The maximum absolute atomic E-state index is 11.6. The van der Waals surface area contributed by atoms with E-state index in [9.17, 15) is 18.0 Å². The van der Waals surface area contributed by atoms with Crippen LogP contribution in [0.3, 0.4) is 0 Å². The number of hydrogen-bond donors (Lipinski definition) is 1. The Labute approximate surface area is 101 Å². The predicted octanol–water partition coefficient (Wildman–Crippen LogP) is -0.799. The maximum Gasteiger partial charge on any atom is 0.323 e. The zero-order valence-electron chi connectivity index (χ0n) is 10.2. The van der Waals surface area contributed by atoms with Crippen molar-refractivity contribution >= 4 is 21.9 Å². The molecule has 0 heterocycles. The highest BCUT2D eigenvalue weighted by molar-refractivity contribution is 7.89. The molecule has 0 saturated heterocycles. The molecule has 0 aliphatic rings. The Balaban J connectivity index is 4.57. The van der Waals surface area contributed by atoms with Gasteiger partial charge in [-0.15, -0.1) is 0 Å². The molecule has 100 valence electrons. The van der Waals surface area contributed by atoms with E-state index >= 15 is 0 Å². The summed E-state index contributed by atoms with van der Waals surface area (Å²) in [5, 5.41) is 8.58. The first kappa shape index (κ1) is 15.9. The summed E-state index contributed by atoms with van der Waals surface area (Å²) in [6.45, 7) is 2.58. The topological polar surface area (TPSA) is 95.0 Å². The molecular formula is C9H18N2O5S. The Hall–Kier alpha value is -1.15. The van der Waals surface area contributed by atoms with Crippen LogP contribution in [0.25, 0.3) is 0 Å². The Kier molecular flexibility index (Phi) is 6.11. The van der Waals surface area contributed by atoms with E-state index in [1.807, 2.05) is 0 Å². The number of sulfonamides is 1. The van der Waals surface area contributed by atoms with Gasteiger partial charge in [0.15, 0.2) is 0 Å². The molecule has 0 saturated carbocycles. The Bertz CT molecular complexity index is 379. The molecule has 0 aromatic heterocycles. The summed E-state index contributed by atoms with van der Waals surface area (Å²) in [5.41, 5.74) is 0. The van der Waals surface area contributed by atoms with Gasteiger partial charge in [0, 0.05) is 13.6 Å². The molecule has 0 aliphatic carbocycles. The van der Waals surface area contributed by atoms with Crippen molar-refractivity contribution in [1.29, 1.82) is 0 Å². The first-order chi connectivity index (χ1) is 7.74. The fourth-order valence-electron chi connectivity index (χ4n) is 1.15. The van der Waals surface area contributed by atoms with Gasteiger partial charge in [-0.05, 0) is 13.8 Å². The number of carboxylic acid groups (broad SMARTS) is 1. The van der Waals surface area contributed by atoms with Crippen LogP contribution in [0.4, 0.5) is 0 Å². The summed E-state index contributed by atoms with van der Waals surface area (Å²) in [6, 6.07) is 0. The van der Waals surface area contributed by atoms with Gasteiger partial charge in [0.25, 0.3) is 0 Å². The molecule has 8 heteroatoms. The van der Waals surface area contributed by atoms with Gasteiger partial charge in [-0.3, -0.25) is 9.59 Å². The quantitative estimate of drug-likeness (QED) is 0.651. The highest BCUT2D eigenvalue weighted by atomic mass is 32.2. The zero-order valence-corrected chi connectivity index (χ0v) is 11.0. The average Bonchev–Trinajstić information content (AvgIpc) is 2.25. The van der Waals surface area contributed by atoms with Gasteiger partial charge in [-0.1, -0.05) is 0 Å². The summed E-state index contributed by atoms with van der Waals surface area (Å²) in [6.07, 6.45) is 0. The first-order valence-electron chi connectivity index (χ1n) is 5.18. The van der Waals surface area contributed by atoms with Crippen molar-refractivity contribution in [3.05, 3.63) is 0 Å². The van der Waals surface area contributed by atoms with Crippen molar-refractivity contribution in [2.45, 2.75) is 13.8 Å². The van der Waals surface area contributed by atoms with E-state index < -0.39 is 28.4 Å². The van der Waals surface area contributed by atoms with E-state index in [4.69, 9.17) is 5.11 Å². The standard InChI is InChI=1S/C9H18N2O5S/c1-4-11(7-9(13)14)8(12)6-10(3)17(15,16)5-2/h4-7H2,1-3H3,(H,13,14). The van der Waals surface area contributed by atoms with Crippen molar-refractivity contribution in [2.24, 2.45) is 0 Å². The van der Waals surface area contributed by atoms with Gasteiger partial charge in [0.2, 0.25) is 15.9 Å². The molecule has 0 spiro atoms. The van der Waals surface area contributed by atoms with Gasteiger partial charge in [0.05, 0.1) is 12.3 Å². The Morgan fingerprint density at radius 3 is 2.06 bits per heavy atom. The lowest BCUT2D eigenvalue weighted by atomic mass is 10.4. The van der Waals surface area contributed by atoms with Gasteiger partial charge in [-0.25, -0.2) is 8.42 Å². The molecule has 7 nitrogen and oxygen atoms in total. The van der Waals surface area contributed by atoms with E-state index in [1.165, 1.54) is 14.0 Å². The molecule has 1 amide bonds. The van der Waals surface area contributed by atoms with E-state index in [-0.39, 0.29) is 18.8 Å². The lowest BCUT2D eigenvalue weighted by Crippen LogP contribution is -2.43. The normalized spacial score (nSPS) is 11.5. The van der Waals surface area contributed by atoms with Gasteiger partial charge in [-0.2, -0.15) is 4.31 Å². The van der Waals surface area contributed by atoms with Crippen LogP contribution in [-0.4, -0.2) is 67.0 Å². The van der Waals surface area contributed by atoms with E-state index in [0.29, 0.717) is 0 Å². The van der Waals surface area contributed by atoms with Crippen LogP contribution in [-0.2, 0) is 19.6 Å². The average molecular weight is 266 g/mol. The monoisotopic (exact) mass is 266 g/mol. The van der Waals surface area contributed by atoms with Crippen molar-refractivity contribution in [1.82, 2.24) is 9.21 Å². The second-order valence-electron chi connectivity index (χ2n) is 3.46. The SMILES string of the molecule is CCN(CC(=O)O)C(=O)CN(C)S(=O)(=O)CC. The molecule has 0 rings (SSSR count). The minimum absolute atomic E-state index is 0.0954. The summed E-state index contributed by atoms with van der Waals surface area (Å²) in [4.78, 5) is 23.2. The number of rotatable bonds is 7. The molecule has 0 aliphatic heterocycles. The molecule has 0 aromatic rings. The number of aliphatic carboxylic acids is 1. The zero-order chi connectivity index (χ0) is 13.6. The molecule has 0 unspecified atom stereocenters. The van der Waals surface area contributed by atoms with Crippen LogP contribution < -0.4 is 0 Å². The number of carboxylic acids is 1. The second-order valence-corrected chi connectivity index (χ2v) is 5.82. The molecule has 0 aromatic carbocycles. The second kappa shape index (κ2) is 6.55. The van der Waals surface area contributed by atoms with Crippen molar-refractivity contribution in [2.75, 3.05) is 32.4 Å². The molecule has 0 atom stereocenters. The number of likely N-dealkylation sites (N-methyl/N-ethyl adjacent to an activating group) is 2. The Morgan fingerprint density at radius 2 is 1.71 bits per heavy atom. The smallest absolute Gasteiger partial charge is 0.323 e. The molecule has 1 N–H and O–H groups in total. The number of nitrogens with zero attached hydrogens (tertiary/aromatic N) is 2. The molecule has 0 fully saturated rings. The number of carbonyl (C=O) groups is 2. The van der Waals surface area contributed by atoms with E-state index in [1.54, 1.807) is 6.92 Å². The van der Waals surface area contributed by atoms with Gasteiger partial charge in [0.1, 0.15) is 6.54 Å². The largest absolute Gasteiger partial charge is 0.480 e. The summed E-state index contributed by atoms with van der Waals surface area (Å²) in [7, 11) is -2.13. The fourth-order valence-corrected chi connectivity index (χ4v) is 1.90. The number of amides is 1. The van der Waals surface area contributed by atoms with Crippen LogP contribution in [0.15, 0.2) is 0 Å². The van der Waals surface area contributed by atoms with Crippen molar-refractivity contribution in [3.8, 4) is 0 Å². The van der Waals surface area contributed by atoms with Crippen molar-refractivity contribution < 1.29 is 23.1 Å². The maximum atomic E-state index is 11.6. The number of hydrogen-bond acceptors (Lipinski definition) is 4. The third kappa shape index (κ3) is 5.14. The highest BCUT2D eigenvalue weighted by Gasteiger charge is 2.22. The summed E-state index contributed by atoms with van der Waals surface area (Å²) < 4.78 is 23.7. The van der Waals surface area contributed by atoms with Crippen molar-refractivity contribution in [3.63, 3.8) is 0 Å². The molecule has 17 heavy (non-hydrogen) atoms. The van der Waals surface area contributed by atoms with Gasteiger partial charge >= 0.3 is 5.97 Å². The minimum atomic E-state index is -3.43. The van der Waals surface area contributed by atoms with Crippen LogP contribution in [0, 0.1) is 0 Å². The molecule has 0 radical (unpaired) electrons. The van der Waals surface area contributed by atoms with Crippen LogP contribution in [0.1, 0.15) is 13.8 Å². The van der Waals surface area contributed by atoms with Gasteiger partial charge < -0.3 is 10.0 Å². The summed E-state index contributed by atoms with van der Waals surface area (Å²) in [5.74, 6) is -1.74. The lowest BCUT2D eigenvalue weighted by Gasteiger charge is -2.22. The lowest BCUT2D eigenvalue weighted by molar-refractivity contribution is -0.144. The predicted molar refractivity (Wildman–Crippen MR) is 62.0 cm³/mol. The summed E-state index contributed by atoms with van der Waals surface area (Å²) >= 11 is 0. The highest BCUT2D eigenvalue weighted by Crippen LogP contribution is 1.99. The molecule has 0 bridgehead atoms. The van der Waals surface area contributed by atoms with Crippen LogP contribution in [0.2, 0.25) is 0 Å². The third-order valence-corrected chi connectivity index (χ3v) is 4.07. The fraction of sp³-hybridized carbons (Fsp3) is 0.778. The Morgan fingerprint density at radius 1 is 1.18 bits per heavy atom. The van der Waals surface area contributed by atoms with E-state index in [0.717, 1.165) is 9.21 Å². The van der Waals surface area contributed by atoms with Crippen LogP contribution >= 0.6 is 0 Å². The minimum Gasteiger partial charge on any atom is -0.480 e. The third-order valence-electron chi connectivity index (χ3n) is 2.26. The van der Waals surface area contributed by atoms with Crippen LogP contribution in [0.5, 0.6) is 0 Å². The van der Waals surface area contributed by atoms with E-state index in [2.05, 4.69) is 0 Å². The first-order valence-corrected chi connectivity index (χ1v) is 6.79. The number of carbonyl (C=O) groups excluding carboxylic acids is 1.